The number of ether oxygens (including phenoxy) is 1. The van der Waals surface area contributed by atoms with Crippen molar-refractivity contribution in [2.24, 2.45) is 0 Å². The van der Waals surface area contributed by atoms with Crippen LogP contribution < -0.4 is 15.4 Å². The van der Waals surface area contributed by atoms with E-state index in [4.69, 9.17) is 0 Å². The molecular weight excluding hydrogens is 512 g/mol. The van der Waals surface area contributed by atoms with Crippen molar-refractivity contribution in [2.75, 3.05) is 12.4 Å². The van der Waals surface area contributed by atoms with Crippen LogP contribution in [0.1, 0.15) is 5.56 Å². The van der Waals surface area contributed by atoms with Gasteiger partial charge >= 0.3 is 6.36 Å². The van der Waals surface area contributed by atoms with Crippen molar-refractivity contribution < 1.29 is 30.7 Å². The number of rotatable bonds is 7. The molecule has 0 aliphatic heterocycles. The molecule has 0 saturated carbocycles. The summed E-state index contributed by atoms with van der Waals surface area (Å²) in [6.45, 7) is 0.397. The van der Waals surface area contributed by atoms with E-state index >= 15 is 0 Å². The number of alkyl halides is 3. The molecule has 0 spiro atoms. The standard InChI is InChI=1S/C22H18F4N4O3S.ClH/c1-27-11-14-13-30(34(31,32)17-3-2-8-28-12-17)21-9-15(4-6-18(14)21)29-20-7-5-16(10-19(20)23)33-22(24,25)26;/h2-10,12-13,27,29H,11H2,1H3;1H. The van der Waals surface area contributed by atoms with Crippen molar-refractivity contribution in [3.8, 4) is 5.75 Å². The quantitative estimate of drug-likeness (QED) is 0.320. The van der Waals surface area contributed by atoms with Crippen LogP contribution in [0.4, 0.5) is 28.9 Å². The Kier molecular flexibility index (Phi) is 7.58. The van der Waals surface area contributed by atoms with Crippen LogP contribution in [-0.4, -0.2) is 30.8 Å². The molecule has 0 aliphatic rings. The van der Waals surface area contributed by atoms with Crippen LogP contribution >= 0.6 is 12.4 Å². The Morgan fingerprint density at radius 1 is 1.11 bits per heavy atom. The molecular formula is C22H19ClF4N4O3S. The lowest BCUT2D eigenvalue weighted by molar-refractivity contribution is -0.274. The molecule has 186 valence electrons. The second kappa shape index (κ2) is 10.1. The molecule has 0 fully saturated rings. The minimum absolute atomic E-state index is 0. The molecule has 2 N–H and O–H groups in total. The molecule has 0 radical (unpaired) electrons. The maximum Gasteiger partial charge on any atom is 0.573 e. The van der Waals surface area contributed by atoms with Gasteiger partial charge in [0.15, 0.2) is 0 Å². The number of nitrogens with zero attached hydrogens (tertiary/aromatic N) is 2. The Morgan fingerprint density at radius 3 is 2.51 bits per heavy atom. The van der Waals surface area contributed by atoms with Crippen molar-refractivity contribution in [3.63, 3.8) is 0 Å². The molecule has 0 saturated heterocycles. The van der Waals surface area contributed by atoms with Gasteiger partial charge in [0.25, 0.3) is 10.0 Å². The summed E-state index contributed by atoms with van der Waals surface area (Å²) in [4.78, 5) is 3.87. The molecule has 7 nitrogen and oxygen atoms in total. The number of hydrogen-bond donors (Lipinski definition) is 2. The second-order valence-corrected chi connectivity index (χ2v) is 9.04. The van der Waals surface area contributed by atoms with E-state index in [0.29, 0.717) is 29.2 Å². The highest BCUT2D eigenvalue weighted by Gasteiger charge is 2.31. The largest absolute Gasteiger partial charge is 0.573 e. The van der Waals surface area contributed by atoms with Gasteiger partial charge in [-0.25, -0.2) is 16.8 Å². The number of nitrogens with one attached hydrogen (secondary N) is 2. The maximum absolute atomic E-state index is 14.4. The van der Waals surface area contributed by atoms with Gasteiger partial charge in [0.1, 0.15) is 16.5 Å². The number of anilines is 2. The maximum atomic E-state index is 14.4. The van der Waals surface area contributed by atoms with Gasteiger partial charge in [0.05, 0.1) is 11.2 Å². The number of aromatic nitrogens is 2. The normalized spacial score (nSPS) is 11.8. The Labute approximate surface area is 204 Å². The topological polar surface area (TPSA) is 85.2 Å². The predicted molar refractivity (Wildman–Crippen MR) is 125 cm³/mol. The fraction of sp³-hybridized carbons (Fsp3) is 0.136. The van der Waals surface area contributed by atoms with Gasteiger partial charge in [-0.05, 0) is 49.0 Å². The predicted octanol–water partition coefficient (Wildman–Crippen LogP) is 5.20. The molecule has 2 aromatic carbocycles. The zero-order valence-electron chi connectivity index (χ0n) is 18.0. The van der Waals surface area contributed by atoms with Crippen LogP contribution in [0.2, 0.25) is 0 Å². The fourth-order valence-corrected chi connectivity index (χ4v) is 4.78. The summed E-state index contributed by atoms with van der Waals surface area (Å²) in [5.74, 6) is -1.67. The summed E-state index contributed by atoms with van der Waals surface area (Å²) in [6, 6.07) is 10.4. The Bertz CT molecular complexity index is 1440. The van der Waals surface area contributed by atoms with Crippen molar-refractivity contribution in [3.05, 3.63) is 78.5 Å². The first kappa shape index (κ1) is 26.3. The molecule has 35 heavy (non-hydrogen) atoms. The first-order valence-electron chi connectivity index (χ1n) is 9.85. The summed E-state index contributed by atoms with van der Waals surface area (Å²) in [5.41, 5.74) is 1.26. The van der Waals surface area contributed by atoms with Gasteiger partial charge in [0, 0.05) is 42.3 Å². The fourth-order valence-electron chi connectivity index (χ4n) is 3.44. The Morgan fingerprint density at radius 2 is 1.89 bits per heavy atom. The first-order chi connectivity index (χ1) is 16.1. The Hall–Kier alpha value is -3.35. The van der Waals surface area contributed by atoms with E-state index < -0.39 is 28.0 Å². The number of halogens is 5. The van der Waals surface area contributed by atoms with E-state index in [1.807, 2.05) is 0 Å². The molecule has 13 heteroatoms. The van der Waals surface area contributed by atoms with E-state index in [-0.39, 0.29) is 23.0 Å². The number of fused-ring (bicyclic) bond motifs is 1. The van der Waals surface area contributed by atoms with Crippen LogP contribution in [0, 0.1) is 5.82 Å². The van der Waals surface area contributed by atoms with Crippen molar-refractivity contribution in [1.82, 2.24) is 14.3 Å². The first-order valence-corrected chi connectivity index (χ1v) is 11.3. The van der Waals surface area contributed by atoms with Crippen LogP contribution in [0.15, 0.2) is 72.0 Å². The van der Waals surface area contributed by atoms with E-state index in [9.17, 15) is 26.0 Å². The highest BCUT2D eigenvalue weighted by atomic mass is 35.5. The zero-order valence-corrected chi connectivity index (χ0v) is 19.6. The summed E-state index contributed by atoms with van der Waals surface area (Å²) < 4.78 is 82.8. The molecule has 0 unspecified atom stereocenters. The van der Waals surface area contributed by atoms with Crippen LogP contribution in [0.25, 0.3) is 10.9 Å². The summed E-state index contributed by atoms with van der Waals surface area (Å²) in [7, 11) is -2.26. The van der Waals surface area contributed by atoms with E-state index in [0.717, 1.165) is 21.7 Å². The SMILES string of the molecule is CNCc1cn(S(=O)(=O)c2cccnc2)c2cc(Nc3ccc(OC(F)(F)F)cc3F)ccc12.Cl. The van der Waals surface area contributed by atoms with Crippen molar-refractivity contribution in [2.45, 2.75) is 17.8 Å². The molecule has 0 atom stereocenters. The van der Waals surface area contributed by atoms with E-state index in [2.05, 4.69) is 20.4 Å². The molecule has 4 rings (SSSR count). The van der Waals surface area contributed by atoms with Crippen molar-refractivity contribution >= 4 is 44.7 Å². The van der Waals surface area contributed by atoms with Gasteiger partial charge in [-0.1, -0.05) is 6.07 Å². The van der Waals surface area contributed by atoms with Crippen LogP contribution in [0.3, 0.4) is 0 Å². The minimum Gasteiger partial charge on any atom is -0.406 e. The van der Waals surface area contributed by atoms with Crippen LogP contribution in [-0.2, 0) is 16.6 Å². The number of benzene rings is 2. The molecule has 0 amide bonds. The number of pyridine rings is 1. The van der Waals surface area contributed by atoms with Gasteiger partial charge in [-0.3, -0.25) is 4.98 Å². The number of hydrogen-bond acceptors (Lipinski definition) is 6. The van der Waals surface area contributed by atoms with Gasteiger partial charge in [-0.2, -0.15) is 0 Å². The lowest BCUT2D eigenvalue weighted by Crippen LogP contribution is -2.17. The van der Waals surface area contributed by atoms with Crippen LogP contribution in [0.5, 0.6) is 5.75 Å². The average molecular weight is 531 g/mol. The molecule has 2 aromatic heterocycles. The molecule has 0 aliphatic carbocycles. The lowest BCUT2D eigenvalue weighted by atomic mass is 10.1. The molecule has 0 bridgehead atoms. The third-order valence-electron chi connectivity index (χ3n) is 4.87. The smallest absolute Gasteiger partial charge is 0.406 e. The van der Waals surface area contributed by atoms with E-state index in [1.165, 1.54) is 36.8 Å². The monoisotopic (exact) mass is 530 g/mol. The lowest BCUT2D eigenvalue weighted by Gasteiger charge is -2.12. The van der Waals surface area contributed by atoms with Gasteiger partial charge in [-0.15, -0.1) is 25.6 Å². The third kappa shape index (κ3) is 5.66. The second-order valence-electron chi connectivity index (χ2n) is 7.22. The highest BCUT2D eigenvalue weighted by Crippen LogP contribution is 2.31. The third-order valence-corrected chi connectivity index (χ3v) is 6.52. The minimum atomic E-state index is -4.94. The zero-order chi connectivity index (χ0) is 24.5. The summed E-state index contributed by atoms with van der Waals surface area (Å²) >= 11 is 0. The van der Waals surface area contributed by atoms with Gasteiger partial charge in [0.2, 0.25) is 0 Å². The molecule has 2 heterocycles. The molecule has 4 aromatic rings. The Balaban J connectivity index is 0.00000342. The average Bonchev–Trinajstić information content (AvgIpc) is 3.14. The van der Waals surface area contributed by atoms with E-state index in [1.54, 1.807) is 19.2 Å². The van der Waals surface area contributed by atoms with Crippen molar-refractivity contribution in [1.29, 1.82) is 0 Å². The highest BCUT2D eigenvalue weighted by molar-refractivity contribution is 7.90. The van der Waals surface area contributed by atoms with Gasteiger partial charge < -0.3 is 15.4 Å². The summed E-state index contributed by atoms with van der Waals surface area (Å²) in [6.07, 6.45) is -0.748. The summed E-state index contributed by atoms with van der Waals surface area (Å²) in [5, 5.41) is 6.41.